The Morgan fingerprint density at radius 1 is 1.27 bits per heavy atom. The Labute approximate surface area is 93.7 Å². The molecule has 3 unspecified atom stereocenters. The zero-order valence-corrected chi connectivity index (χ0v) is 10.7. The van der Waals surface area contributed by atoms with Crippen LogP contribution in [0.25, 0.3) is 0 Å². The second kappa shape index (κ2) is 4.67. The smallest absolute Gasteiger partial charge is 0.0902 e. The fraction of sp³-hybridized carbons (Fsp3) is 0.846. The molecule has 0 aromatic heterocycles. The lowest BCUT2D eigenvalue weighted by molar-refractivity contribution is -0.134. The van der Waals surface area contributed by atoms with Crippen molar-refractivity contribution in [2.24, 2.45) is 11.3 Å². The lowest BCUT2D eigenvalue weighted by Crippen LogP contribution is -2.50. The first-order chi connectivity index (χ1) is 6.94. The van der Waals surface area contributed by atoms with Crippen molar-refractivity contribution in [1.29, 1.82) is 0 Å². The second-order valence-corrected chi connectivity index (χ2v) is 5.34. The predicted molar refractivity (Wildman–Crippen MR) is 62.9 cm³/mol. The highest BCUT2D eigenvalue weighted by Gasteiger charge is 2.44. The maximum atomic E-state index is 5.62. The van der Waals surface area contributed by atoms with E-state index < -0.39 is 0 Å². The van der Waals surface area contributed by atoms with Gasteiger partial charge in [0, 0.05) is 20.1 Å². The van der Waals surface area contributed by atoms with Crippen LogP contribution in [0.1, 0.15) is 33.6 Å². The molecule has 1 aliphatic rings. The highest BCUT2D eigenvalue weighted by atomic mass is 16.5. The third-order valence-corrected chi connectivity index (χ3v) is 3.72. The quantitative estimate of drug-likeness (QED) is 0.669. The summed E-state index contributed by atoms with van der Waals surface area (Å²) in [6.45, 7) is 10.6. The van der Waals surface area contributed by atoms with Crippen LogP contribution < -0.4 is 0 Å². The van der Waals surface area contributed by atoms with Gasteiger partial charge in [-0.2, -0.15) is 0 Å². The molecule has 0 aromatic rings. The monoisotopic (exact) mass is 212 g/mol. The summed E-state index contributed by atoms with van der Waals surface area (Å²) in [4.78, 5) is 0. The molecule has 1 saturated carbocycles. The molecule has 2 nitrogen and oxygen atoms in total. The molecule has 1 aliphatic carbocycles. The summed E-state index contributed by atoms with van der Waals surface area (Å²) in [7, 11) is 3.55. The van der Waals surface area contributed by atoms with Crippen LogP contribution in [0.15, 0.2) is 12.2 Å². The van der Waals surface area contributed by atoms with Gasteiger partial charge in [0.25, 0.3) is 0 Å². The molecule has 0 spiro atoms. The zero-order valence-electron chi connectivity index (χ0n) is 10.7. The molecule has 1 fully saturated rings. The first-order valence-electron chi connectivity index (χ1n) is 5.65. The van der Waals surface area contributed by atoms with Gasteiger partial charge >= 0.3 is 0 Å². The van der Waals surface area contributed by atoms with Crippen molar-refractivity contribution < 1.29 is 9.47 Å². The molecule has 0 aromatic carbocycles. The van der Waals surface area contributed by atoms with E-state index in [9.17, 15) is 0 Å². The number of hydrogen-bond acceptors (Lipinski definition) is 2. The summed E-state index contributed by atoms with van der Waals surface area (Å²) in [6, 6.07) is 0. The highest BCUT2D eigenvalue weighted by Crippen LogP contribution is 2.43. The lowest BCUT2D eigenvalue weighted by Gasteiger charge is -2.46. The van der Waals surface area contributed by atoms with Crippen molar-refractivity contribution in [1.82, 2.24) is 0 Å². The molecule has 3 atom stereocenters. The summed E-state index contributed by atoms with van der Waals surface area (Å²) in [5.74, 6) is 0.438. The number of methoxy groups -OCH3 is 2. The maximum Gasteiger partial charge on any atom is 0.0902 e. The van der Waals surface area contributed by atoms with E-state index in [0.29, 0.717) is 5.92 Å². The summed E-state index contributed by atoms with van der Waals surface area (Å²) in [5.41, 5.74) is 1.40. The van der Waals surface area contributed by atoms with Gasteiger partial charge in [0.15, 0.2) is 0 Å². The molecule has 0 saturated heterocycles. The standard InChI is InChI=1S/C13H24O2/c1-9(2)10-7-8-13(3,4)12(15-6)11(10)14-5/h10-12H,1,7-8H2,2-6H3. The van der Waals surface area contributed by atoms with Crippen LogP contribution >= 0.6 is 0 Å². The molecule has 88 valence electrons. The first-order valence-corrected chi connectivity index (χ1v) is 5.65. The van der Waals surface area contributed by atoms with Crippen molar-refractivity contribution in [3.8, 4) is 0 Å². The Balaban J connectivity index is 2.89. The van der Waals surface area contributed by atoms with E-state index in [1.54, 1.807) is 14.2 Å². The van der Waals surface area contributed by atoms with Crippen LogP contribution in [0.2, 0.25) is 0 Å². The molecule has 15 heavy (non-hydrogen) atoms. The van der Waals surface area contributed by atoms with Crippen LogP contribution in [-0.4, -0.2) is 26.4 Å². The SMILES string of the molecule is C=C(C)C1CCC(C)(C)C(OC)C1OC. The van der Waals surface area contributed by atoms with E-state index in [1.807, 2.05) is 0 Å². The maximum absolute atomic E-state index is 5.62. The Hall–Kier alpha value is -0.340. The van der Waals surface area contributed by atoms with Crippen LogP contribution in [-0.2, 0) is 9.47 Å². The minimum absolute atomic E-state index is 0.149. The summed E-state index contributed by atoms with van der Waals surface area (Å²) >= 11 is 0. The largest absolute Gasteiger partial charge is 0.378 e. The van der Waals surface area contributed by atoms with E-state index in [2.05, 4.69) is 27.4 Å². The van der Waals surface area contributed by atoms with Crippen LogP contribution in [0, 0.1) is 11.3 Å². The van der Waals surface area contributed by atoms with Gasteiger partial charge in [-0.3, -0.25) is 0 Å². The molecule has 0 heterocycles. The van der Waals surface area contributed by atoms with Crippen molar-refractivity contribution in [3.05, 3.63) is 12.2 Å². The van der Waals surface area contributed by atoms with Crippen molar-refractivity contribution in [2.75, 3.05) is 14.2 Å². The van der Waals surface area contributed by atoms with E-state index >= 15 is 0 Å². The second-order valence-electron chi connectivity index (χ2n) is 5.34. The zero-order chi connectivity index (χ0) is 11.6. The van der Waals surface area contributed by atoms with Gasteiger partial charge in [-0.1, -0.05) is 26.0 Å². The van der Waals surface area contributed by atoms with Crippen LogP contribution in [0.4, 0.5) is 0 Å². The third kappa shape index (κ3) is 2.43. The fourth-order valence-electron chi connectivity index (χ4n) is 2.76. The minimum atomic E-state index is 0.149. The van der Waals surface area contributed by atoms with Crippen molar-refractivity contribution in [2.45, 2.75) is 45.8 Å². The Morgan fingerprint density at radius 2 is 1.87 bits per heavy atom. The first kappa shape index (κ1) is 12.7. The average Bonchev–Trinajstić information content (AvgIpc) is 2.15. The van der Waals surface area contributed by atoms with Gasteiger partial charge in [0.05, 0.1) is 12.2 Å². The van der Waals surface area contributed by atoms with E-state index in [0.717, 1.165) is 6.42 Å². The van der Waals surface area contributed by atoms with Gasteiger partial charge < -0.3 is 9.47 Å². The van der Waals surface area contributed by atoms with Gasteiger partial charge in [0.1, 0.15) is 0 Å². The number of rotatable bonds is 3. The molecular formula is C13H24O2. The predicted octanol–water partition coefficient (Wildman–Crippen LogP) is 3.03. The summed E-state index contributed by atoms with van der Waals surface area (Å²) in [5, 5.41) is 0. The lowest BCUT2D eigenvalue weighted by atomic mass is 9.67. The topological polar surface area (TPSA) is 18.5 Å². The molecule has 0 radical (unpaired) electrons. The Morgan fingerprint density at radius 3 is 2.27 bits per heavy atom. The molecule has 0 amide bonds. The Bertz CT molecular complexity index is 233. The molecule has 0 aliphatic heterocycles. The van der Waals surface area contributed by atoms with E-state index in [4.69, 9.17) is 9.47 Å². The summed E-state index contributed by atoms with van der Waals surface area (Å²) < 4.78 is 11.2. The molecular weight excluding hydrogens is 188 g/mol. The molecule has 0 bridgehead atoms. The third-order valence-electron chi connectivity index (χ3n) is 3.72. The molecule has 2 heteroatoms. The van der Waals surface area contributed by atoms with Gasteiger partial charge in [-0.15, -0.1) is 0 Å². The Kier molecular flexibility index (Phi) is 3.96. The number of ether oxygens (including phenoxy) is 2. The van der Waals surface area contributed by atoms with Crippen LogP contribution in [0.5, 0.6) is 0 Å². The average molecular weight is 212 g/mol. The van der Waals surface area contributed by atoms with E-state index in [1.165, 1.54) is 12.0 Å². The minimum Gasteiger partial charge on any atom is -0.378 e. The van der Waals surface area contributed by atoms with Gasteiger partial charge in [-0.05, 0) is 25.2 Å². The van der Waals surface area contributed by atoms with Crippen molar-refractivity contribution >= 4 is 0 Å². The highest BCUT2D eigenvalue weighted by molar-refractivity contribution is 5.07. The summed E-state index contributed by atoms with van der Waals surface area (Å²) in [6.07, 6.45) is 2.64. The van der Waals surface area contributed by atoms with Gasteiger partial charge in [0.2, 0.25) is 0 Å². The van der Waals surface area contributed by atoms with Crippen LogP contribution in [0.3, 0.4) is 0 Å². The normalized spacial score (nSPS) is 35.1. The van der Waals surface area contributed by atoms with E-state index in [-0.39, 0.29) is 17.6 Å². The number of hydrogen-bond donors (Lipinski definition) is 0. The molecule has 1 rings (SSSR count). The molecule has 0 N–H and O–H groups in total. The van der Waals surface area contributed by atoms with Gasteiger partial charge in [-0.25, -0.2) is 0 Å². The van der Waals surface area contributed by atoms with Crippen molar-refractivity contribution in [3.63, 3.8) is 0 Å². The fourth-order valence-corrected chi connectivity index (χ4v) is 2.76.